The minimum Gasteiger partial charge on any atom is -0.481 e. The number of alkyl carbamates (subject to hydrolysis) is 1. The molecule has 1 aliphatic heterocycles. The summed E-state index contributed by atoms with van der Waals surface area (Å²) >= 11 is 0. The summed E-state index contributed by atoms with van der Waals surface area (Å²) in [7, 11) is 0. The number of carboxylic acid groups (broad SMARTS) is 1. The minimum atomic E-state index is -3.25. The van der Waals surface area contributed by atoms with E-state index in [4.69, 9.17) is 4.74 Å². The molecule has 2 aliphatic carbocycles. The van der Waals surface area contributed by atoms with Crippen molar-refractivity contribution in [3.05, 3.63) is 59.7 Å². The summed E-state index contributed by atoms with van der Waals surface area (Å²) in [5.41, 5.74) is 4.25. The second-order valence-electron chi connectivity index (χ2n) is 9.63. The average molecular weight is 484 g/mol. The van der Waals surface area contributed by atoms with Crippen LogP contribution in [-0.4, -0.2) is 60.1 Å². The molecule has 1 heterocycles. The Bertz CT molecular complexity index is 1140. The van der Waals surface area contributed by atoms with Crippen LogP contribution in [0, 0.1) is 23.7 Å². The zero-order valence-corrected chi connectivity index (χ0v) is 19.1. The third kappa shape index (κ3) is 4.02. The number of hydrogen-bond donors (Lipinski definition) is 2. The van der Waals surface area contributed by atoms with Gasteiger partial charge in [0, 0.05) is 25.6 Å². The summed E-state index contributed by atoms with van der Waals surface area (Å²) < 4.78 is 34.1. The van der Waals surface area contributed by atoms with E-state index in [1.807, 2.05) is 48.5 Å². The third-order valence-electron chi connectivity index (χ3n) is 7.52. The zero-order chi connectivity index (χ0) is 24.9. The van der Waals surface area contributed by atoms with Crippen molar-refractivity contribution in [1.82, 2.24) is 10.2 Å². The van der Waals surface area contributed by atoms with Gasteiger partial charge in [0.2, 0.25) is 5.91 Å². The van der Waals surface area contributed by atoms with E-state index < -0.39 is 48.2 Å². The summed E-state index contributed by atoms with van der Waals surface area (Å²) in [6.45, 7) is 1.41. The third-order valence-corrected chi connectivity index (χ3v) is 7.52. The van der Waals surface area contributed by atoms with Crippen molar-refractivity contribution in [2.75, 3.05) is 26.2 Å². The van der Waals surface area contributed by atoms with E-state index in [1.165, 1.54) is 4.90 Å². The molecule has 35 heavy (non-hydrogen) atoms. The second kappa shape index (κ2) is 8.62. The highest BCUT2D eigenvalue weighted by molar-refractivity contribution is 5.85. The van der Waals surface area contributed by atoms with E-state index in [9.17, 15) is 28.3 Å². The summed E-state index contributed by atoms with van der Waals surface area (Å²) in [5, 5.41) is 11.6. The van der Waals surface area contributed by atoms with Gasteiger partial charge in [0.05, 0.1) is 11.8 Å². The van der Waals surface area contributed by atoms with Crippen LogP contribution in [0.5, 0.6) is 0 Å². The molecule has 0 radical (unpaired) electrons. The molecule has 0 bridgehead atoms. The Morgan fingerprint density at radius 2 is 1.66 bits per heavy atom. The maximum atomic E-state index is 14.4. The Labute approximate surface area is 201 Å². The lowest BCUT2D eigenvalue weighted by molar-refractivity contribution is -0.142. The Kier molecular flexibility index (Phi) is 5.73. The van der Waals surface area contributed by atoms with E-state index in [0.29, 0.717) is 0 Å². The first-order valence-electron chi connectivity index (χ1n) is 11.7. The Hall–Kier alpha value is -3.49. The largest absolute Gasteiger partial charge is 0.481 e. The molecule has 0 aromatic heterocycles. The summed E-state index contributed by atoms with van der Waals surface area (Å²) in [5.74, 6) is -9.16. The molecule has 2 fully saturated rings. The molecule has 0 spiro atoms. The molecule has 2 aromatic rings. The first-order chi connectivity index (χ1) is 16.7. The Balaban J connectivity index is 1.16. The van der Waals surface area contributed by atoms with Gasteiger partial charge in [-0.2, -0.15) is 0 Å². The number of carbonyl (C=O) groups excluding carboxylic acids is 2. The molecule has 2 amide bonds. The number of amides is 2. The van der Waals surface area contributed by atoms with Gasteiger partial charge in [0.1, 0.15) is 12.5 Å². The Morgan fingerprint density at radius 1 is 1.06 bits per heavy atom. The van der Waals surface area contributed by atoms with Crippen molar-refractivity contribution in [2.45, 2.75) is 18.8 Å². The number of fused-ring (bicyclic) bond motifs is 3. The summed E-state index contributed by atoms with van der Waals surface area (Å²) in [4.78, 5) is 37.4. The molecule has 2 aromatic carbocycles. The molecule has 2 N–H and O–H groups in total. The van der Waals surface area contributed by atoms with Crippen LogP contribution in [-0.2, 0) is 14.3 Å². The molecule has 184 valence electrons. The lowest BCUT2D eigenvalue weighted by Gasteiger charge is -2.16. The van der Waals surface area contributed by atoms with E-state index >= 15 is 0 Å². The predicted octanol–water partition coefficient (Wildman–Crippen LogP) is 3.59. The van der Waals surface area contributed by atoms with Crippen LogP contribution in [0.2, 0.25) is 0 Å². The molecule has 7 nitrogen and oxygen atoms in total. The van der Waals surface area contributed by atoms with Gasteiger partial charge in [-0.15, -0.1) is 0 Å². The fourth-order valence-corrected chi connectivity index (χ4v) is 5.49. The van der Waals surface area contributed by atoms with Crippen molar-refractivity contribution in [2.24, 2.45) is 23.7 Å². The number of aliphatic carboxylic acids is 1. The van der Waals surface area contributed by atoms with Gasteiger partial charge < -0.3 is 20.1 Å². The number of likely N-dealkylation sites (tertiary alicyclic amines) is 1. The molecule has 2 unspecified atom stereocenters. The van der Waals surface area contributed by atoms with Crippen molar-refractivity contribution >= 4 is 18.0 Å². The first-order valence-corrected chi connectivity index (χ1v) is 11.7. The van der Waals surface area contributed by atoms with Gasteiger partial charge in [-0.1, -0.05) is 55.5 Å². The van der Waals surface area contributed by atoms with Crippen LogP contribution in [0.3, 0.4) is 0 Å². The highest BCUT2D eigenvalue weighted by atomic mass is 19.3. The topological polar surface area (TPSA) is 95.9 Å². The molecule has 4 atom stereocenters. The van der Waals surface area contributed by atoms with Gasteiger partial charge >= 0.3 is 12.1 Å². The molecule has 1 saturated carbocycles. The quantitative estimate of drug-likeness (QED) is 0.654. The SMILES string of the molecule is CC1CN(C(=O)[C@@H]2[C@H](CNC(=O)OCC3c4ccccc4-c4ccccc43)C2(F)F)CC1C(=O)O. The van der Waals surface area contributed by atoms with E-state index in [2.05, 4.69) is 5.32 Å². The van der Waals surface area contributed by atoms with Crippen LogP contribution in [0.4, 0.5) is 13.6 Å². The van der Waals surface area contributed by atoms with Crippen molar-refractivity contribution in [3.8, 4) is 11.1 Å². The van der Waals surface area contributed by atoms with Gasteiger partial charge in [-0.3, -0.25) is 9.59 Å². The first kappa shape index (κ1) is 23.3. The number of carbonyl (C=O) groups is 3. The van der Waals surface area contributed by atoms with Gasteiger partial charge in [0.15, 0.2) is 0 Å². The number of carboxylic acids is 1. The van der Waals surface area contributed by atoms with Crippen molar-refractivity contribution < 1.29 is 33.0 Å². The summed E-state index contributed by atoms with van der Waals surface area (Å²) in [6.07, 6.45) is -0.818. The molecule has 3 aliphatic rings. The number of nitrogens with one attached hydrogen (secondary N) is 1. The fourth-order valence-electron chi connectivity index (χ4n) is 5.49. The second-order valence-corrected chi connectivity index (χ2v) is 9.63. The maximum absolute atomic E-state index is 14.4. The average Bonchev–Trinajstić information content (AvgIpc) is 3.11. The highest BCUT2D eigenvalue weighted by Gasteiger charge is 2.72. The number of halogens is 2. The molecule has 9 heteroatoms. The molecule has 1 saturated heterocycles. The van der Waals surface area contributed by atoms with Crippen LogP contribution >= 0.6 is 0 Å². The zero-order valence-electron chi connectivity index (χ0n) is 19.1. The standard InChI is InChI=1S/C26H26F2N2O5/c1-14-11-30(12-19(14)24(32)33)23(31)22-21(26(22,27)28)10-29-25(34)35-13-20-17-8-4-2-6-15(17)16-7-3-5-9-18(16)20/h2-9,14,19-22H,10-13H2,1H3,(H,29,34)(H,32,33)/t14?,19?,21-,22-/m0/s1. The predicted molar refractivity (Wildman–Crippen MR) is 122 cm³/mol. The highest BCUT2D eigenvalue weighted by Crippen LogP contribution is 2.56. The van der Waals surface area contributed by atoms with Crippen LogP contribution < -0.4 is 5.32 Å². The van der Waals surface area contributed by atoms with Gasteiger partial charge in [-0.25, -0.2) is 13.6 Å². The molecular weight excluding hydrogens is 458 g/mol. The molecular formula is C26H26F2N2O5. The number of benzene rings is 2. The van der Waals surface area contributed by atoms with Gasteiger partial charge in [0.25, 0.3) is 5.92 Å². The summed E-state index contributed by atoms with van der Waals surface area (Å²) in [6, 6.07) is 15.7. The normalized spacial score (nSPS) is 26.1. The number of hydrogen-bond acceptors (Lipinski definition) is 4. The lowest BCUT2D eigenvalue weighted by atomic mass is 9.98. The monoisotopic (exact) mass is 484 g/mol. The molecule has 5 rings (SSSR count). The number of rotatable bonds is 6. The number of nitrogens with zero attached hydrogens (tertiary/aromatic N) is 1. The van der Waals surface area contributed by atoms with Crippen LogP contribution in [0.15, 0.2) is 48.5 Å². The van der Waals surface area contributed by atoms with E-state index in [-0.39, 0.29) is 31.5 Å². The van der Waals surface area contributed by atoms with Gasteiger partial charge in [-0.05, 0) is 28.2 Å². The minimum absolute atomic E-state index is 0.0610. The van der Waals surface area contributed by atoms with E-state index in [0.717, 1.165) is 22.3 Å². The maximum Gasteiger partial charge on any atom is 0.407 e. The Morgan fingerprint density at radius 3 is 2.23 bits per heavy atom. The van der Waals surface area contributed by atoms with Crippen molar-refractivity contribution in [3.63, 3.8) is 0 Å². The lowest BCUT2D eigenvalue weighted by Crippen LogP contribution is -2.33. The van der Waals surface area contributed by atoms with Crippen LogP contribution in [0.1, 0.15) is 24.0 Å². The number of alkyl halides is 2. The van der Waals surface area contributed by atoms with Crippen LogP contribution in [0.25, 0.3) is 11.1 Å². The smallest absolute Gasteiger partial charge is 0.407 e. The van der Waals surface area contributed by atoms with E-state index in [1.54, 1.807) is 6.92 Å². The van der Waals surface area contributed by atoms with Crippen molar-refractivity contribution in [1.29, 1.82) is 0 Å². The fraction of sp³-hybridized carbons (Fsp3) is 0.423. The number of ether oxygens (including phenoxy) is 1.